The zero-order valence-corrected chi connectivity index (χ0v) is 11.5. The molecule has 2 N–H and O–H groups in total. The molecule has 1 aliphatic rings. The third kappa shape index (κ3) is 2.49. The molecule has 0 aromatic heterocycles. The van der Waals surface area contributed by atoms with Gasteiger partial charge in [0.05, 0.1) is 29.6 Å². The molecule has 0 saturated carbocycles. The van der Waals surface area contributed by atoms with Crippen molar-refractivity contribution >= 4 is 39.2 Å². The van der Waals surface area contributed by atoms with Crippen LogP contribution in [0.25, 0.3) is 0 Å². The number of carbonyl (C=O) groups is 2. The minimum atomic E-state index is -1.31. The SMILES string of the molecule is O=C(O)c1cc(Br)c(N2CC(O)CC2=O)c([N+](=O)[O-])c1. The van der Waals surface area contributed by atoms with Gasteiger partial charge in [0.2, 0.25) is 5.91 Å². The Morgan fingerprint density at radius 2 is 2.15 bits per heavy atom. The van der Waals surface area contributed by atoms with Crippen molar-refractivity contribution in [3.63, 3.8) is 0 Å². The maximum atomic E-state index is 11.7. The van der Waals surface area contributed by atoms with E-state index in [0.29, 0.717) is 0 Å². The molecule has 1 atom stereocenters. The van der Waals surface area contributed by atoms with Gasteiger partial charge in [-0.3, -0.25) is 14.9 Å². The van der Waals surface area contributed by atoms with Gasteiger partial charge >= 0.3 is 5.97 Å². The Morgan fingerprint density at radius 1 is 1.50 bits per heavy atom. The lowest BCUT2D eigenvalue weighted by Crippen LogP contribution is -2.26. The Morgan fingerprint density at radius 3 is 2.60 bits per heavy atom. The molecule has 20 heavy (non-hydrogen) atoms. The van der Waals surface area contributed by atoms with Crippen molar-refractivity contribution in [3.05, 3.63) is 32.3 Å². The van der Waals surface area contributed by atoms with Crippen LogP contribution in [0.5, 0.6) is 0 Å². The van der Waals surface area contributed by atoms with E-state index in [4.69, 9.17) is 5.11 Å². The van der Waals surface area contributed by atoms with Gasteiger partial charge in [-0.1, -0.05) is 0 Å². The average molecular weight is 345 g/mol. The molecule has 9 heteroatoms. The van der Waals surface area contributed by atoms with E-state index < -0.39 is 28.6 Å². The number of hydrogen-bond donors (Lipinski definition) is 2. The molecule has 1 aliphatic heterocycles. The van der Waals surface area contributed by atoms with Crippen molar-refractivity contribution in [3.8, 4) is 0 Å². The maximum absolute atomic E-state index is 11.7. The smallest absolute Gasteiger partial charge is 0.335 e. The Balaban J connectivity index is 2.60. The number of nitro benzene ring substituents is 1. The molecule has 2 rings (SSSR count). The number of benzene rings is 1. The molecular formula is C11H9BrN2O6. The standard InChI is InChI=1S/C11H9BrN2O6/c12-7-1-5(11(17)18)2-8(14(19)20)10(7)13-4-6(15)3-9(13)16/h1-2,6,15H,3-4H2,(H,17,18). The van der Waals surface area contributed by atoms with Crippen LogP contribution in [-0.4, -0.2) is 39.7 Å². The Hall–Kier alpha value is -2.00. The second-order valence-corrected chi connectivity index (χ2v) is 5.10. The summed E-state index contributed by atoms with van der Waals surface area (Å²) in [6.07, 6.45) is -1.02. The van der Waals surface area contributed by atoms with Crippen molar-refractivity contribution in [2.75, 3.05) is 11.4 Å². The van der Waals surface area contributed by atoms with Crippen LogP contribution >= 0.6 is 15.9 Å². The first-order valence-electron chi connectivity index (χ1n) is 5.51. The lowest BCUT2D eigenvalue weighted by Gasteiger charge is -2.18. The van der Waals surface area contributed by atoms with Gasteiger partial charge in [0.15, 0.2) is 0 Å². The van der Waals surface area contributed by atoms with Crippen LogP contribution in [-0.2, 0) is 4.79 Å². The Bertz CT molecular complexity index is 617. The number of anilines is 1. The number of rotatable bonds is 3. The second kappa shape index (κ2) is 5.17. The molecule has 0 aliphatic carbocycles. The fraction of sp³-hybridized carbons (Fsp3) is 0.273. The van der Waals surface area contributed by atoms with E-state index >= 15 is 0 Å². The summed E-state index contributed by atoms with van der Waals surface area (Å²) in [5.41, 5.74) is -0.805. The predicted molar refractivity (Wildman–Crippen MR) is 70.7 cm³/mol. The van der Waals surface area contributed by atoms with E-state index in [9.17, 15) is 24.8 Å². The van der Waals surface area contributed by atoms with E-state index in [0.717, 1.165) is 11.0 Å². The summed E-state index contributed by atoms with van der Waals surface area (Å²) in [6.45, 7) is -0.0648. The fourth-order valence-corrected chi connectivity index (χ4v) is 2.68. The van der Waals surface area contributed by atoms with Gasteiger partial charge in [0.25, 0.3) is 5.69 Å². The minimum Gasteiger partial charge on any atom is -0.478 e. The minimum absolute atomic E-state index is 0.0402. The van der Waals surface area contributed by atoms with Crippen molar-refractivity contribution in [2.24, 2.45) is 0 Å². The number of amides is 1. The second-order valence-electron chi connectivity index (χ2n) is 4.25. The number of aromatic carboxylic acids is 1. The number of carboxylic acid groups (broad SMARTS) is 1. The third-order valence-electron chi connectivity index (χ3n) is 2.86. The lowest BCUT2D eigenvalue weighted by molar-refractivity contribution is -0.384. The van der Waals surface area contributed by atoms with Crippen LogP contribution < -0.4 is 4.90 Å². The molecular weight excluding hydrogens is 336 g/mol. The summed E-state index contributed by atoms with van der Waals surface area (Å²) in [4.78, 5) is 34.1. The van der Waals surface area contributed by atoms with Crippen molar-refractivity contribution < 1.29 is 24.7 Å². The number of β-amino-alcohol motifs (C(OH)–C–C–N with tert-alkyl or cyclic N) is 1. The van der Waals surface area contributed by atoms with E-state index in [1.165, 1.54) is 6.07 Å². The van der Waals surface area contributed by atoms with Crippen LogP contribution in [0.2, 0.25) is 0 Å². The van der Waals surface area contributed by atoms with E-state index in [1.54, 1.807) is 0 Å². The molecule has 0 bridgehead atoms. The molecule has 1 aromatic rings. The highest BCUT2D eigenvalue weighted by Gasteiger charge is 2.35. The Kier molecular flexibility index (Phi) is 3.73. The maximum Gasteiger partial charge on any atom is 0.335 e. The normalized spacial score (nSPS) is 18.4. The van der Waals surface area contributed by atoms with Gasteiger partial charge in [-0.15, -0.1) is 0 Å². The largest absolute Gasteiger partial charge is 0.478 e. The summed E-state index contributed by atoms with van der Waals surface area (Å²) < 4.78 is 0.117. The number of carbonyl (C=O) groups excluding carboxylic acids is 1. The molecule has 1 aromatic carbocycles. The molecule has 0 radical (unpaired) electrons. The summed E-state index contributed by atoms with van der Waals surface area (Å²) in [5, 5.41) is 29.4. The quantitative estimate of drug-likeness (QED) is 0.626. The number of carboxylic acids is 1. The number of aliphatic hydroxyl groups excluding tert-OH is 1. The van der Waals surface area contributed by atoms with Gasteiger partial charge in [-0.2, -0.15) is 0 Å². The number of halogens is 1. The van der Waals surface area contributed by atoms with Crippen molar-refractivity contribution in [2.45, 2.75) is 12.5 Å². The molecule has 106 valence electrons. The first kappa shape index (κ1) is 14.4. The first-order valence-corrected chi connectivity index (χ1v) is 6.30. The number of aliphatic hydroxyl groups is 1. The van der Waals surface area contributed by atoms with E-state index in [1.807, 2.05) is 0 Å². The topological polar surface area (TPSA) is 121 Å². The van der Waals surface area contributed by atoms with Crippen LogP contribution in [0, 0.1) is 10.1 Å². The molecule has 8 nitrogen and oxygen atoms in total. The highest BCUT2D eigenvalue weighted by molar-refractivity contribution is 9.10. The summed E-state index contributed by atoms with van der Waals surface area (Å²) in [5.74, 6) is -1.77. The van der Waals surface area contributed by atoms with Crippen molar-refractivity contribution in [1.82, 2.24) is 0 Å². The first-order chi connectivity index (χ1) is 9.31. The summed E-state index contributed by atoms with van der Waals surface area (Å²) in [6, 6.07) is 2.07. The number of hydrogen-bond acceptors (Lipinski definition) is 5. The zero-order chi connectivity index (χ0) is 15.0. The monoisotopic (exact) mass is 344 g/mol. The van der Waals surface area contributed by atoms with E-state index in [2.05, 4.69) is 15.9 Å². The highest BCUT2D eigenvalue weighted by atomic mass is 79.9. The van der Waals surface area contributed by atoms with Crippen LogP contribution in [0.3, 0.4) is 0 Å². The predicted octanol–water partition coefficient (Wildman–Crippen LogP) is 1.15. The van der Waals surface area contributed by atoms with Gasteiger partial charge in [-0.05, 0) is 22.0 Å². The van der Waals surface area contributed by atoms with Gasteiger partial charge < -0.3 is 15.1 Å². The Labute approximate surface area is 120 Å². The number of nitro groups is 1. The molecule has 1 fully saturated rings. The van der Waals surface area contributed by atoms with Gasteiger partial charge in [0.1, 0.15) is 5.69 Å². The molecule has 0 spiro atoms. The van der Waals surface area contributed by atoms with Crippen LogP contribution in [0.4, 0.5) is 11.4 Å². The summed E-state index contributed by atoms with van der Waals surface area (Å²) >= 11 is 3.05. The van der Waals surface area contributed by atoms with E-state index in [-0.39, 0.29) is 28.7 Å². The zero-order valence-electron chi connectivity index (χ0n) is 9.95. The molecule has 1 amide bonds. The fourth-order valence-electron chi connectivity index (χ4n) is 2.02. The number of nitrogens with zero attached hydrogens (tertiary/aromatic N) is 2. The van der Waals surface area contributed by atoms with Gasteiger partial charge in [0, 0.05) is 10.5 Å². The molecule has 1 saturated heterocycles. The molecule has 1 unspecified atom stereocenters. The lowest BCUT2D eigenvalue weighted by atomic mass is 10.1. The summed E-state index contributed by atoms with van der Waals surface area (Å²) in [7, 11) is 0. The third-order valence-corrected chi connectivity index (χ3v) is 3.47. The van der Waals surface area contributed by atoms with Crippen molar-refractivity contribution in [1.29, 1.82) is 0 Å². The van der Waals surface area contributed by atoms with Crippen LogP contribution in [0.15, 0.2) is 16.6 Å². The average Bonchev–Trinajstić information content (AvgIpc) is 2.66. The van der Waals surface area contributed by atoms with Crippen LogP contribution in [0.1, 0.15) is 16.8 Å². The molecule has 1 heterocycles. The highest BCUT2D eigenvalue weighted by Crippen LogP contribution is 2.39. The van der Waals surface area contributed by atoms with Gasteiger partial charge in [-0.25, -0.2) is 4.79 Å².